The number of oxime groups is 2. The van der Waals surface area contributed by atoms with Crippen molar-refractivity contribution in [1.29, 1.82) is 0 Å². The largest absolute Gasteiger partial charge is 0.331 e. The fraction of sp³-hybridized carbons (Fsp3) is 0.129. The molecular weight excluding hydrogens is 526 g/mol. The Balaban J connectivity index is 1.69. The minimum Gasteiger partial charge on any atom is -0.318 e. The smallest absolute Gasteiger partial charge is 0.318 e. The molecule has 8 nitrogen and oxygen atoms in total. The zero-order valence-corrected chi connectivity index (χ0v) is 23.3. The first kappa shape index (κ1) is 28.1. The summed E-state index contributed by atoms with van der Waals surface area (Å²) in [6.45, 7) is 6.12. The highest BCUT2D eigenvalue weighted by Crippen LogP contribution is 2.35. The van der Waals surface area contributed by atoms with Crippen LogP contribution in [-0.2, 0) is 19.3 Å². The van der Waals surface area contributed by atoms with E-state index in [0.29, 0.717) is 21.9 Å². The maximum absolute atomic E-state index is 12.8. The van der Waals surface area contributed by atoms with E-state index in [4.69, 9.17) is 9.68 Å². The van der Waals surface area contributed by atoms with Crippen LogP contribution >= 0.6 is 11.3 Å². The van der Waals surface area contributed by atoms with Crippen LogP contribution in [0.3, 0.4) is 0 Å². The fourth-order valence-corrected chi connectivity index (χ4v) is 4.52. The third-order valence-corrected chi connectivity index (χ3v) is 6.71. The molecule has 0 unspecified atom stereocenters. The first-order chi connectivity index (χ1) is 19.2. The van der Waals surface area contributed by atoms with Crippen LogP contribution in [0.2, 0.25) is 0 Å². The van der Waals surface area contributed by atoms with Gasteiger partial charge in [0.25, 0.3) is 0 Å². The quantitative estimate of drug-likeness (QED) is 0.0956. The average Bonchev–Trinajstić information content (AvgIpc) is 3.51. The summed E-state index contributed by atoms with van der Waals surface area (Å²) in [5.41, 5.74) is 5.90. The normalized spacial score (nSPS) is 11.6. The molecule has 40 heavy (non-hydrogen) atoms. The second kappa shape index (κ2) is 12.8. The van der Waals surface area contributed by atoms with Crippen molar-refractivity contribution in [2.24, 2.45) is 10.3 Å². The molecule has 4 aromatic rings. The summed E-state index contributed by atoms with van der Waals surface area (Å²) in [4.78, 5) is 47.3. The van der Waals surface area contributed by atoms with Crippen LogP contribution in [0.1, 0.15) is 54.1 Å². The van der Waals surface area contributed by atoms with Gasteiger partial charge in [0, 0.05) is 36.5 Å². The van der Waals surface area contributed by atoms with Gasteiger partial charge in [0.15, 0.2) is 0 Å². The van der Waals surface area contributed by atoms with Gasteiger partial charge < -0.3 is 14.6 Å². The highest BCUT2D eigenvalue weighted by Gasteiger charge is 2.16. The summed E-state index contributed by atoms with van der Waals surface area (Å²) in [5.74, 6) is -0.994. The number of hydrogen-bond acceptors (Lipinski definition) is 9. The van der Waals surface area contributed by atoms with Crippen molar-refractivity contribution < 1.29 is 24.1 Å². The molecule has 3 aromatic carbocycles. The molecule has 0 N–H and O–H groups in total. The van der Waals surface area contributed by atoms with Crippen molar-refractivity contribution in [2.45, 2.75) is 27.7 Å². The molecule has 0 saturated heterocycles. The summed E-state index contributed by atoms with van der Waals surface area (Å²) in [5, 5.41) is 9.61. The summed E-state index contributed by atoms with van der Waals surface area (Å²) >= 11 is 1.41. The van der Waals surface area contributed by atoms with Gasteiger partial charge in [-0.15, -0.1) is 11.3 Å². The van der Waals surface area contributed by atoms with E-state index < -0.39 is 11.9 Å². The number of benzene rings is 3. The Morgan fingerprint density at radius 3 is 1.35 bits per heavy atom. The maximum atomic E-state index is 12.8. The van der Waals surface area contributed by atoms with E-state index in [0.717, 1.165) is 28.2 Å². The Morgan fingerprint density at radius 2 is 1.00 bits per heavy atom. The van der Waals surface area contributed by atoms with Gasteiger partial charge in [0.1, 0.15) is 0 Å². The Kier molecular flexibility index (Phi) is 8.98. The molecule has 0 fully saturated rings. The monoisotopic (exact) mass is 553 g/mol. The number of thiophene rings is 1. The number of carbonyl (C=O) groups is 3. The van der Waals surface area contributed by atoms with Crippen LogP contribution in [-0.4, -0.2) is 29.1 Å². The third-order valence-electron chi connectivity index (χ3n) is 5.84. The number of hydrogen-bond donors (Lipinski definition) is 0. The summed E-state index contributed by atoms with van der Waals surface area (Å²) in [7, 11) is 0. The van der Waals surface area contributed by atoms with Crippen LogP contribution in [0.15, 0.2) is 101 Å². The number of anilines is 3. The topological polar surface area (TPSA) is 97.6 Å². The highest BCUT2D eigenvalue weighted by molar-refractivity contribution is 7.12. The van der Waals surface area contributed by atoms with Crippen molar-refractivity contribution in [2.75, 3.05) is 4.90 Å². The van der Waals surface area contributed by atoms with Gasteiger partial charge in [0.05, 0.1) is 16.3 Å². The summed E-state index contributed by atoms with van der Waals surface area (Å²) < 4.78 is 0. The van der Waals surface area contributed by atoms with Crippen molar-refractivity contribution in [3.8, 4) is 0 Å². The SMILES string of the molecule is CC(=O)ON=C(C)c1ccc(N(c2ccc(C(=O)c3cccs3)cc2)c2ccc(C(C)=NOC(C)=O)cc2)cc1. The minimum atomic E-state index is -0.486. The molecule has 0 aliphatic heterocycles. The zero-order chi connectivity index (χ0) is 28.6. The zero-order valence-electron chi connectivity index (χ0n) is 22.5. The van der Waals surface area contributed by atoms with Crippen LogP contribution in [0, 0.1) is 0 Å². The van der Waals surface area contributed by atoms with Crippen LogP contribution in [0.4, 0.5) is 17.1 Å². The second-order valence-corrected chi connectivity index (χ2v) is 9.75. The van der Waals surface area contributed by atoms with E-state index in [9.17, 15) is 14.4 Å². The van der Waals surface area contributed by atoms with Gasteiger partial charge in [-0.05, 0) is 85.0 Å². The molecule has 0 radical (unpaired) electrons. The first-order valence-corrected chi connectivity index (χ1v) is 13.2. The number of nitrogens with zero attached hydrogens (tertiary/aromatic N) is 3. The Bertz CT molecular complexity index is 1480. The van der Waals surface area contributed by atoms with Crippen LogP contribution < -0.4 is 4.90 Å². The van der Waals surface area contributed by atoms with Gasteiger partial charge in [0.2, 0.25) is 5.78 Å². The van der Waals surface area contributed by atoms with Crippen molar-refractivity contribution in [1.82, 2.24) is 0 Å². The molecule has 0 spiro atoms. The predicted molar refractivity (Wildman–Crippen MR) is 157 cm³/mol. The number of rotatable bonds is 9. The lowest BCUT2D eigenvalue weighted by Gasteiger charge is -2.26. The van der Waals surface area contributed by atoms with Crippen LogP contribution in [0.5, 0.6) is 0 Å². The highest BCUT2D eigenvalue weighted by atomic mass is 32.1. The second-order valence-electron chi connectivity index (χ2n) is 8.80. The molecular formula is C31H27N3O5S. The van der Waals surface area contributed by atoms with Crippen molar-refractivity contribution in [3.05, 3.63) is 112 Å². The van der Waals surface area contributed by atoms with E-state index in [1.807, 2.05) is 95.2 Å². The standard InChI is InChI=1S/C31H27N3O5S/c1-20(32-38-22(3)35)24-7-13-27(14-8-24)34(28-15-9-25(10-16-28)21(2)33-39-23(4)36)29-17-11-26(12-18-29)31(37)30-6-5-19-40-30/h5-19H,1-4H3. The molecule has 9 heteroatoms. The van der Waals surface area contributed by atoms with E-state index in [1.165, 1.54) is 25.2 Å². The van der Waals surface area contributed by atoms with Crippen molar-refractivity contribution in [3.63, 3.8) is 0 Å². The molecule has 0 aliphatic rings. The van der Waals surface area contributed by atoms with Crippen LogP contribution in [0.25, 0.3) is 0 Å². The Morgan fingerprint density at radius 1 is 0.600 bits per heavy atom. The third kappa shape index (κ3) is 6.95. The molecule has 4 rings (SSSR count). The van der Waals surface area contributed by atoms with E-state index >= 15 is 0 Å². The number of ketones is 1. The van der Waals surface area contributed by atoms with E-state index in [1.54, 1.807) is 13.8 Å². The van der Waals surface area contributed by atoms with E-state index in [-0.39, 0.29) is 5.78 Å². The van der Waals surface area contributed by atoms with Gasteiger partial charge in [-0.3, -0.25) is 4.79 Å². The molecule has 0 bridgehead atoms. The molecule has 202 valence electrons. The first-order valence-electron chi connectivity index (χ1n) is 12.4. The molecule has 1 heterocycles. The average molecular weight is 554 g/mol. The van der Waals surface area contributed by atoms with E-state index in [2.05, 4.69) is 10.3 Å². The van der Waals surface area contributed by atoms with Crippen molar-refractivity contribution >= 4 is 57.5 Å². The lowest BCUT2D eigenvalue weighted by molar-refractivity contribution is -0.141. The lowest BCUT2D eigenvalue weighted by atomic mass is 10.1. The maximum Gasteiger partial charge on any atom is 0.331 e. The predicted octanol–water partition coefficient (Wildman–Crippen LogP) is 7.02. The molecule has 0 saturated carbocycles. The molecule has 0 amide bonds. The molecule has 0 atom stereocenters. The summed E-state index contributed by atoms with van der Waals surface area (Å²) in [6, 6.07) is 26.4. The fourth-order valence-electron chi connectivity index (χ4n) is 3.83. The minimum absolute atomic E-state index is 0.0214. The number of carbonyl (C=O) groups excluding carboxylic acids is 3. The van der Waals surface area contributed by atoms with Gasteiger partial charge >= 0.3 is 11.9 Å². The van der Waals surface area contributed by atoms with Gasteiger partial charge in [-0.1, -0.05) is 40.6 Å². The van der Waals surface area contributed by atoms with Gasteiger partial charge in [-0.2, -0.15) is 0 Å². The van der Waals surface area contributed by atoms with Gasteiger partial charge in [-0.25, -0.2) is 9.59 Å². The molecule has 1 aromatic heterocycles. The lowest BCUT2D eigenvalue weighted by Crippen LogP contribution is -2.11. The Labute approximate surface area is 236 Å². The molecule has 0 aliphatic carbocycles. The summed E-state index contributed by atoms with van der Waals surface area (Å²) in [6.07, 6.45) is 0. The Hall–Kier alpha value is -4.89.